The molecule has 0 aromatic heterocycles. The number of benzene rings is 3. The van der Waals surface area contributed by atoms with E-state index in [9.17, 15) is 8.78 Å². The van der Waals surface area contributed by atoms with Gasteiger partial charge in [-0.1, -0.05) is 48.0 Å². The third-order valence-corrected chi connectivity index (χ3v) is 4.01. The van der Waals surface area contributed by atoms with Crippen LogP contribution in [0.5, 0.6) is 5.75 Å². The Kier molecular flexibility index (Phi) is 5.51. The zero-order valence-electron chi connectivity index (χ0n) is 13.3. The average Bonchev–Trinajstić information content (AvgIpc) is 2.63. The van der Waals surface area contributed by atoms with Gasteiger partial charge in [0, 0.05) is 23.4 Å². The van der Waals surface area contributed by atoms with Crippen LogP contribution in [0.1, 0.15) is 11.1 Å². The molecule has 0 radical (unpaired) electrons. The minimum atomic E-state index is -0.458. The van der Waals surface area contributed by atoms with Crippen molar-refractivity contribution in [3.05, 3.63) is 94.5 Å². The first kappa shape index (κ1) is 17.2. The molecular weight excluding hydrogens is 344 g/mol. The lowest BCUT2D eigenvalue weighted by Gasteiger charge is -2.13. The molecule has 25 heavy (non-hydrogen) atoms. The monoisotopic (exact) mass is 359 g/mol. The Morgan fingerprint density at radius 1 is 0.840 bits per heavy atom. The van der Waals surface area contributed by atoms with E-state index in [2.05, 4.69) is 5.32 Å². The molecule has 1 N–H and O–H groups in total. The maximum Gasteiger partial charge on any atom is 0.141 e. The number of para-hydroxylation sites is 1. The number of nitrogens with one attached hydrogen (secondary N) is 1. The first-order valence-electron chi connectivity index (χ1n) is 7.76. The van der Waals surface area contributed by atoms with E-state index in [4.69, 9.17) is 16.3 Å². The van der Waals surface area contributed by atoms with Crippen molar-refractivity contribution in [1.82, 2.24) is 0 Å². The van der Waals surface area contributed by atoms with Gasteiger partial charge in [0.15, 0.2) is 0 Å². The molecule has 0 atom stereocenters. The Balaban J connectivity index is 1.68. The summed E-state index contributed by atoms with van der Waals surface area (Å²) < 4.78 is 32.7. The molecule has 0 bridgehead atoms. The number of hydrogen-bond acceptors (Lipinski definition) is 2. The maximum atomic E-state index is 13.7. The van der Waals surface area contributed by atoms with E-state index >= 15 is 0 Å². The first-order chi connectivity index (χ1) is 12.1. The number of rotatable bonds is 6. The second-order valence-corrected chi connectivity index (χ2v) is 5.88. The van der Waals surface area contributed by atoms with Gasteiger partial charge < -0.3 is 10.1 Å². The first-order valence-corrected chi connectivity index (χ1v) is 8.14. The van der Waals surface area contributed by atoms with Gasteiger partial charge in [-0.05, 0) is 30.3 Å². The Bertz CT molecular complexity index is 870. The summed E-state index contributed by atoms with van der Waals surface area (Å²) >= 11 is 5.78. The summed E-state index contributed by atoms with van der Waals surface area (Å²) in [7, 11) is 0. The average molecular weight is 360 g/mol. The quantitative estimate of drug-likeness (QED) is 0.599. The Labute approximate surface area is 150 Å². The molecule has 0 heterocycles. The predicted molar refractivity (Wildman–Crippen MR) is 95.9 cm³/mol. The van der Waals surface area contributed by atoms with Gasteiger partial charge in [0.25, 0.3) is 0 Å². The second kappa shape index (κ2) is 7.99. The van der Waals surface area contributed by atoms with Gasteiger partial charge in [-0.25, -0.2) is 8.78 Å². The minimum Gasteiger partial charge on any atom is -0.488 e. The summed E-state index contributed by atoms with van der Waals surface area (Å²) in [5, 5.41) is 3.24. The fourth-order valence-corrected chi connectivity index (χ4v) is 2.55. The molecule has 0 aliphatic rings. The molecule has 0 spiro atoms. The number of anilines is 1. The van der Waals surface area contributed by atoms with Crippen molar-refractivity contribution in [2.75, 3.05) is 5.32 Å². The van der Waals surface area contributed by atoms with E-state index in [-0.39, 0.29) is 17.4 Å². The van der Waals surface area contributed by atoms with Crippen LogP contribution in [0, 0.1) is 11.6 Å². The summed E-state index contributed by atoms with van der Waals surface area (Å²) in [6.45, 7) is 0.613. The lowest BCUT2D eigenvalue weighted by molar-refractivity contribution is 0.297. The zero-order valence-corrected chi connectivity index (χ0v) is 14.1. The highest BCUT2D eigenvalue weighted by Crippen LogP contribution is 2.23. The van der Waals surface area contributed by atoms with Crippen molar-refractivity contribution in [3.8, 4) is 5.75 Å². The maximum absolute atomic E-state index is 13.7. The van der Waals surface area contributed by atoms with Gasteiger partial charge in [-0.2, -0.15) is 0 Å². The smallest absolute Gasteiger partial charge is 0.141 e. The molecule has 5 heteroatoms. The second-order valence-electron chi connectivity index (χ2n) is 5.47. The molecule has 3 rings (SSSR count). The number of halogens is 3. The van der Waals surface area contributed by atoms with E-state index < -0.39 is 5.82 Å². The molecule has 0 unspecified atom stereocenters. The highest BCUT2D eigenvalue weighted by molar-refractivity contribution is 6.31. The molecule has 0 amide bonds. The SMILES string of the molecule is Fc1ccc(NCc2ccccc2OCc2ccccc2F)cc1Cl. The van der Waals surface area contributed by atoms with Crippen LogP contribution in [-0.2, 0) is 13.2 Å². The summed E-state index contributed by atoms with van der Waals surface area (Å²) in [5.41, 5.74) is 2.10. The topological polar surface area (TPSA) is 21.3 Å². The fraction of sp³-hybridized carbons (Fsp3) is 0.100. The minimum absolute atomic E-state index is 0.0640. The lowest BCUT2D eigenvalue weighted by Crippen LogP contribution is -2.04. The van der Waals surface area contributed by atoms with Crippen LogP contribution in [0.2, 0.25) is 5.02 Å². The van der Waals surface area contributed by atoms with Crippen molar-refractivity contribution >= 4 is 17.3 Å². The summed E-state index contributed by atoms with van der Waals surface area (Å²) in [6.07, 6.45) is 0. The van der Waals surface area contributed by atoms with Crippen LogP contribution in [0.3, 0.4) is 0 Å². The zero-order chi connectivity index (χ0) is 17.6. The Hall–Kier alpha value is -2.59. The van der Waals surface area contributed by atoms with Gasteiger partial charge in [-0.3, -0.25) is 0 Å². The molecule has 0 aliphatic carbocycles. The van der Waals surface area contributed by atoms with Gasteiger partial charge in [0.05, 0.1) is 5.02 Å². The standard InChI is InChI=1S/C20H16ClF2NO/c21-17-11-16(9-10-19(17)23)24-12-14-5-2-4-8-20(14)25-13-15-6-1-3-7-18(15)22/h1-11,24H,12-13H2. The van der Waals surface area contributed by atoms with Crippen LogP contribution in [-0.4, -0.2) is 0 Å². The van der Waals surface area contributed by atoms with Crippen molar-refractivity contribution in [2.24, 2.45) is 0 Å². The van der Waals surface area contributed by atoms with Gasteiger partial charge in [0.1, 0.15) is 24.0 Å². The van der Waals surface area contributed by atoms with E-state index in [1.807, 2.05) is 24.3 Å². The number of ether oxygens (including phenoxy) is 1. The third-order valence-electron chi connectivity index (χ3n) is 3.72. The lowest BCUT2D eigenvalue weighted by atomic mass is 10.2. The van der Waals surface area contributed by atoms with Gasteiger partial charge >= 0.3 is 0 Å². The molecule has 128 valence electrons. The van der Waals surface area contributed by atoms with E-state index in [1.54, 1.807) is 24.3 Å². The molecule has 0 aliphatic heterocycles. The molecule has 3 aromatic carbocycles. The molecular formula is C20H16ClF2NO. The van der Waals surface area contributed by atoms with Crippen LogP contribution in [0.25, 0.3) is 0 Å². The fourth-order valence-electron chi connectivity index (χ4n) is 2.37. The molecule has 0 saturated carbocycles. The summed E-state index contributed by atoms with van der Waals surface area (Å²) in [6, 6.07) is 18.5. The third kappa shape index (κ3) is 4.48. The molecule has 3 aromatic rings. The molecule has 0 saturated heterocycles. The molecule has 0 fully saturated rings. The van der Waals surface area contributed by atoms with Crippen LogP contribution >= 0.6 is 11.6 Å². The predicted octanol–water partition coefficient (Wildman–Crippen LogP) is 5.81. The van der Waals surface area contributed by atoms with Gasteiger partial charge in [0.2, 0.25) is 0 Å². The van der Waals surface area contributed by atoms with Crippen molar-refractivity contribution in [3.63, 3.8) is 0 Å². The van der Waals surface area contributed by atoms with Crippen LogP contribution < -0.4 is 10.1 Å². The summed E-state index contributed by atoms with van der Waals surface area (Å²) in [5.74, 6) is -0.0913. The number of hydrogen-bond donors (Lipinski definition) is 1. The largest absolute Gasteiger partial charge is 0.488 e. The Morgan fingerprint density at radius 3 is 2.32 bits per heavy atom. The highest BCUT2D eigenvalue weighted by Gasteiger charge is 2.07. The van der Waals surface area contributed by atoms with E-state index in [1.165, 1.54) is 18.2 Å². The van der Waals surface area contributed by atoms with Crippen molar-refractivity contribution in [2.45, 2.75) is 13.2 Å². The van der Waals surface area contributed by atoms with Gasteiger partial charge in [-0.15, -0.1) is 0 Å². The van der Waals surface area contributed by atoms with Crippen LogP contribution in [0.15, 0.2) is 66.7 Å². The van der Waals surface area contributed by atoms with Crippen molar-refractivity contribution in [1.29, 1.82) is 0 Å². The van der Waals surface area contributed by atoms with Crippen LogP contribution in [0.4, 0.5) is 14.5 Å². The molecule has 2 nitrogen and oxygen atoms in total. The Morgan fingerprint density at radius 2 is 1.56 bits per heavy atom. The van der Waals surface area contributed by atoms with E-state index in [0.29, 0.717) is 23.5 Å². The summed E-state index contributed by atoms with van der Waals surface area (Å²) in [4.78, 5) is 0. The highest BCUT2D eigenvalue weighted by atomic mass is 35.5. The normalized spacial score (nSPS) is 10.5. The van der Waals surface area contributed by atoms with E-state index in [0.717, 1.165) is 5.56 Å². The van der Waals surface area contributed by atoms with Crippen molar-refractivity contribution < 1.29 is 13.5 Å².